The van der Waals surface area contributed by atoms with Gasteiger partial charge in [0, 0.05) is 11.9 Å². The van der Waals surface area contributed by atoms with Crippen molar-refractivity contribution in [1.29, 1.82) is 5.26 Å². The SMILES string of the molecule is CC(Nc1ccc(C#N)cc1)c1cnc2ccsc2c1. The molecule has 0 aliphatic rings. The summed E-state index contributed by atoms with van der Waals surface area (Å²) in [5, 5.41) is 14.3. The lowest BCUT2D eigenvalue weighted by atomic mass is 10.1. The van der Waals surface area contributed by atoms with Crippen molar-refractivity contribution >= 4 is 27.2 Å². The van der Waals surface area contributed by atoms with Crippen LogP contribution in [0.4, 0.5) is 5.69 Å². The predicted octanol–water partition coefficient (Wildman–Crippen LogP) is 4.34. The Labute approximate surface area is 121 Å². The van der Waals surface area contributed by atoms with Crippen LogP contribution < -0.4 is 5.32 Å². The molecular weight excluding hydrogens is 266 g/mol. The van der Waals surface area contributed by atoms with E-state index in [2.05, 4.69) is 34.7 Å². The first kappa shape index (κ1) is 12.6. The normalized spacial score (nSPS) is 12.0. The van der Waals surface area contributed by atoms with Gasteiger partial charge in [0.1, 0.15) is 0 Å². The third-order valence-electron chi connectivity index (χ3n) is 3.22. The highest BCUT2D eigenvalue weighted by Crippen LogP contribution is 2.24. The number of hydrogen-bond acceptors (Lipinski definition) is 4. The molecule has 0 saturated carbocycles. The number of benzene rings is 1. The Hall–Kier alpha value is -2.38. The van der Waals surface area contributed by atoms with Gasteiger partial charge in [-0.25, -0.2) is 0 Å². The molecule has 0 radical (unpaired) electrons. The summed E-state index contributed by atoms with van der Waals surface area (Å²) >= 11 is 1.70. The average Bonchev–Trinajstić information content (AvgIpc) is 2.95. The fourth-order valence-corrected chi connectivity index (χ4v) is 2.86. The van der Waals surface area contributed by atoms with Crippen LogP contribution in [0.25, 0.3) is 10.2 Å². The molecule has 3 rings (SSSR count). The lowest BCUT2D eigenvalue weighted by Gasteiger charge is -2.15. The monoisotopic (exact) mass is 279 g/mol. The lowest BCUT2D eigenvalue weighted by Crippen LogP contribution is -2.06. The molecule has 0 aliphatic carbocycles. The number of aromatic nitrogens is 1. The Morgan fingerprint density at radius 1 is 1.25 bits per heavy atom. The molecule has 0 fully saturated rings. The van der Waals surface area contributed by atoms with Gasteiger partial charge in [-0.15, -0.1) is 11.3 Å². The van der Waals surface area contributed by atoms with Crippen LogP contribution in [0.15, 0.2) is 48.0 Å². The Morgan fingerprint density at radius 2 is 2.05 bits per heavy atom. The van der Waals surface area contributed by atoms with Crippen molar-refractivity contribution in [2.45, 2.75) is 13.0 Å². The second-order valence-electron chi connectivity index (χ2n) is 4.63. The molecule has 0 bridgehead atoms. The largest absolute Gasteiger partial charge is 0.378 e. The maximum Gasteiger partial charge on any atom is 0.0991 e. The molecule has 0 saturated heterocycles. The van der Waals surface area contributed by atoms with Crippen molar-refractivity contribution in [3.8, 4) is 6.07 Å². The average molecular weight is 279 g/mol. The number of fused-ring (bicyclic) bond motifs is 1. The first-order valence-electron chi connectivity index (χ1n) is 6.36. The van der Waals surface area contributed by atoms with E-state index in [0.717, 1.165) is 16.8 Å². The molecule has 0 aliphatic heterocycles. The second-order valence-corrected chi connectivity index (χ2v) is 5.58. The summed E-state index contributed by atoms with van der Waals surface area (Å²) < 4.78 is 1.20. The van der Waals surface area contributed by atoms with E-state index in [1.165, 1.54) is 4.70 Å². The molecule has 1 aromatic carbocycles. The van der Waals surface area contributed by atoms with E-state index in [9.17, 15) is 0 Å². The van der Waals surface area contributed by atoms with E-state index in [1.807, 2.05) is 36.5 Å². The molecule has 2 aromatic heterocycles. The van der Waals surface area contributed by atoms with Crippen LogP contribution in [-0.4, -0.2) is 4.98 Å². The predicted molar refractivity (Wildman–Crippen MR) is 82.8 cm³/mol. The van der Waals surface area contributed by atoms with Gasteiger partial charge in [-0.2, -0.15) is 5.26 Å². The van der Waals surface area contributed by atoms with Gasteiger partial charge in [0.25, 0.3) is 0 Å². The van der Waals surface area contributed by atoms with Crippen molar-refractivity contribution < 1.29 is 0 Å². The molecule has 1 N–H and O–H groups in total. The van der Waals surface area contributed by atoms with Gasteiger partial charge < -0.3 is 5.32 Å². The number of anilines is 1. The van der Waals surface area contributed by atoms with Gasteiger partial charge in [-0.1, -0.05) is 0 Å². The Kier molecular flexibility index (Phi) is 3.36. The number of nitrogens with zero attached hydrogens (tertiary/aromatic N) is 2. The van der Waals surface area contributed by atoms with Gasteiger partial charge in [-0.05, 0) is 54.3 Å². The zero-order valence-corrected chi connectivity index (χ0v) is 11.8. The highest BCUT2D eigenvalue weighted by molar-refractivity contribution is 7.17. The van der Waals surface area contributed by atoms with Crippen molar-refractivity contribution in [2.24, 2.45) is 0 Å². The van der Waals surface area contributed by atoms with Crippen LogP contribution in [-0.2, 0) is 0 Å². The summed E-state index contributed by atoms with van der Waals surface area (Å²) in [5.41, 5.74) is 3.88. The van der Waals surface area contributed by atoms with Crippen LogP contribution in [0.2, 0.25) is 0 Å². The highest BCUT2D eigenvalue weighted by Gasteiger charge is 2.07. The molecule has 3 nitrogen and oxygen atoms in total. The fraction of sp³-hybridized carbons (Fsp3) is 0.125. The maximum absolute atomic E-state index is 8.79. The number of rotatable bonds is 3. The summed E-state index contributed by atoms with van der Waals surface area (Å²) in [6.45, 7) is 2.11. The number of thiophene rings is 1. The summed E-state index contributed by atoms with van der Waals surface area (Å²) in [6.07, 6.45) is 1.91. The zero-order chi connectivity index (χ0) is 13.9. The molecule has 20 heavy (non-hydrogen) atoms. The maximum atomic E-state index is 8.79. The van der Waals surface area contributed by atoms with E-state index in [1.54, 1.807) is 11.3 Å². The van der Waals surface area contributed by atoms with Crippen molar-refractivity contribution in [1.82, 2.24) is 4.98 Å². The third-order valence-corrected chi connectivity index (χ3v) is 4.07. The van der Waals surface area contributed by atoms with E-state index >= 15 is 0 Å². The molecule has 4 heteroatoms. The van der Waals surface area contributed by atoms with E-state index in [4.69, 9.17) is 5.26 Å². The molecule has 0 spiro atoms. The van der Waals surface area contributed by atoms with E-state index in [0.29, 0.717) is 5.56 Å². The van der Waals surface area contributed by atoms with E-state index in [-0.39, 0.29) is 6.04 Å². The molecule has 1 atom stereocenters. The summed E-state index contributed by atoms with van der Waals surface area (Å²) in [7, 11) is 0. The Morgan fingerprint density at radius 3 is 2.80 bits per heavy atom. The van der Waals surface area contributed by atoms with Crippen molar-refractivity contribution in [3.63, 3.8) is 0 Å². The van der Waals surface area contributed by atoms with Crippen LogP contribution in [0.5, 0.6) is 0 Å². The van der Waals surface area contributed by atoms with Crippen LogP contribution >= 0.6 is 11.3 Å². The molecule has 3 aromatic rings. The minimum atomic E-state index is 0.168. The topological polar surface area (TPSA) is 48.7 Å². The summed E-state index contributed by atoms with van der Waals surface area (Å²) in [4.78, 5) is 4.46. The molecular formula is C16H13N3S. The smallest absolute Gasteiger partial charge is 0.0991 e. The fourth-order valence-electron chi connectivity index (χ4n) is 2.07. The highest BCUT2D eigenvalue weighted by atomic mass is 32.1. The summed E-state index contributed by atoms with van der Waals surface area (Å²) in [5.74, 6) is 0. The lowest BCUT2D eigenvalue weighted by molar-refractivity contribution is 0.880. The van der Waals surface area contributed by atoms with Crippen molar-refractivity contribution in [2.75, 3.05) is 5.32 Å². The van der Waals surface area contributed by atoms with Crippen molar-refractivity contribution in [3.05, 3.63) is 59.1 Å². The van der Waals surface area contributed by atoms with Crippen LogP contribution in [0.1, 0.15) is 24.1 Å². The van der Waals surface area contributed by atoms with Gasteiger partial charge in [0.15, 0.2) is 0 Å². The third kappa shape index (κ3) is 2.49. The molecule has 1 unspecified atom stereocenters. The molecule has 98 valence electrons. The van der Waals surface area contributed by atoms with Crippen LogP contribution in [0.3, 0.4) is 0 Å². The van der Waals surface area contributed by atoms with Crippen LogP contribution in [0, 0.1) is 11.3 Å². The standard InChI is InChI=1S/C16H13N3S/c1-11(19-14-4-2-12(9-17)3-5-14)13-8-16-15(18-10-13)6-7-20-16/h2-8,10-11,19H,1H3. The first-order valence-corrected chi connectivity index (χ1v) is 7.24. The summed E-state index contributed by atoms with van der Waals surface area (Å²) in [6, 6.07) is 14.0. The first-order chi connectivity index (χ1) is 9.76. The molecule has 0 amide bonds. The second kappa shape index (κ2) is 5.32. The zero-order valence-electron chi connectivity index (χ0n) is 11.0. The van der Waals surface area contributed by atoms with Gasteiger partial charge in [0.2, 0.25) is 0 Å². The number of nitrogens with one attached hydrogen (secondary N) is 1. The van der Waals surface area contributed by atoms with E-state index < -0.39 is 0 Å². The minimum Gasteiger partial charge on any atom is -0.378 e. The number of hydrogen-bond donors (Lipinski definition) is 1. The Balaban J connectivity index is 1.80. The minimum absolute atomic E-state index is 0.168. The quantitative estimate of drug-likeness (QED) is 0.775. The number of nitriles is 1. The van der Waals surface area contributed by atoms with Gasteiger partial charge >= 0.3 is 0 Å². The van der Waals surface area contributed by atoms with Gasteiger partial charge in [-0.3, -0.25) is 4.98 Å². The molecule has 2 heterocycles. The number of pyridine rings is 1. The Bertz CT molecular complexity index is 768. The van der Waals surface area contributed by atoms with Gasteiger partial charge in [0.05, 0.1) is 27.9 Å².